The van der Waals surface area contributed by atoms with Crippen molar-refractivity contribution in [3.63, 3.8) is 0 Å². The molecule has 2 aliphatic rings. The number of amides is 1. The smallest absolute Gasteiger partial charge is 0.256 e. The van der Waals surface area contributed by atoms with Gasteiger partial charge in [0.05, 0.1) is 12.1 Å². The van der Waals surface area contributed by atoms with Crippen molar-refractivity contribution in [2.75, 3.05) is 31.1 Å². The van der Waals surface area contributed by atoms with Gasteiger partial charge in [0.1, 0.15) is 11.9 Å². The highest BCUT2D eigenvalue weighted by Gasteiger charge is 2.44. The van der Waals surface area contributed by atoms with Crippen LogP contribution in [0.2, 0.25) is 0 Å². The summed E-state index contributed by atoms with van der Waals surface area (Å²) in [5.74, 6) is 0.412. The molecule has 0 aliphatic carbocycles. The minimum Gasteiger partial charge on any atom is -0.378 e. The number of anilines is 1. The number of hydrogen-bond donors (Lipinski definition) is 1. The van der Waals surface area contributed by atoms with Crippen molar-refractivity contribution in [2.24, 2.45) is 0 Å². The second-order valence-corrected chi connectivity index (χ2v) is 6.95. The molecule has 2 fully saturated rings. The van der Waals surface area contributed by atoms with E-state index in [1.165, 1.54) is 0 Å². The minimum absolute atomic E-state index is 0.174. The summed E-state index contributed by atoms with van der Waals surface area (Å²) < 4.78 is 0. The van der Waals surface area contributed by atoms with E-state index in [9.17, 15) is 15.2 Å². The van der Waals surface area contributed by atoms with Crippen molar-refractivity contribution in [3.8, 4) is 6.07 Å². The Morgan fingerprint density at radius 1 is 1.29 bits per heavy atom. The number of β-amino-alcohol motifs (C(OH)–C–C–N with tert-alkyl or cyclic N) is 1. The summed E-state index contributed by atoms with van der Waals surface area (Å²) in [6, 6.07) is 4.10. The molecule has 24 heavy (non-hydrogen) atoms. The molecular formula is C18H24N4O2. The van der Waals surface area contributed by atoms with Crippen molar-refractivity contribution >= 4 is 11.7 Å². The lowest BCUT2D eigenvalue weighted by Crippen LogP contribution is -2.58. The lowest BCUT2D eigenvalue weighted by Gasteiger charge is -2.40. The highest BCUT2D eigenvalue weighted by molar-refractivity contribution is 5.86. The van der Waals surface area contributed by atoms with Crippen LogP contribution < -0.4 is 4.90 Å². The third kappa shape index (κ3) is 2.96. The number of carbonyl (C=O) groups is 1. The second-order valence-electron chi connectivity index (χ2n) is 6.95. The number of pyridine rings is 1. The minimum atomic E-state index is -1.38. The van der Waals surface area contributed by atoms with E-state index in [1.54, 1.807) is 4.90 Å². The van der Waals surface area contributed by atoms with Crippen LogP contribution in [0.15, 0.2) is 6.07 Å². The van der Waals surface area contributed by atoms with Crippen LogP contribution in [0, 0.1) is 25.2 Å². The molecule has 1 aromatic heterocycles. The first kappa shape index (κ1) is 16.7. The normalized spacial score (nSPS) is 24.1. The zero-order chi connectivity index (χ0) is 17.3. The quantitative estimate of drug-likeness (QED) is 0.890. The standard InChI is InChI=1S/C18H24N4O2/c1-13-10-14(2)20-16(15(13)11-19)22-9-5-6-18(24,12-22)17(23)21-7-3-4-8-21/h10,24H,3-9,12H2,1-2H3/t18-/m0/s1. The number of nitrogens with zero attached hydrogens (tertiary/aromatic N) is 4. The number of piperidine rings is 1. The Bertz CT molecular complexity index is 691. The SMILES string of the molecule is Cc1cc(C)c(C#N)c(N2CCC[C@@](O)(C(=O)N3CCCC3)C2)n1. The van der Waals surface area contributed by atoms with E-state index in [1.807, 2.05) is 24.8 Å². The highest BCUT2D eigenvalue weighted by Crippen LogP contribution is 2.30. The van der Waals surface area contributed by atoms with Gasteiger partial charge in [0.15, 0.2) is 5.60 Å². The molecule has 0 spiro atoms. The van der Waals surface area contributed by atoms with Crippen molar-refractivity contribution in [2.45, 2.75) is 45.1 Å². The maximum atomic E-state index is 12.8. The maximum Gasteiger partial charge on any atom is 0.256 e. The molecule has 0 radical (unpaired) electrons. The first-order valence-corrected chi connectivity index (χ1v) is 8.60. The summed E-state index contributed by atoms with van der Waals surface area (Å²) in [4.78, 5) is 20.9. The van der Waals surface area contributed by atoms with E-state index in [0.717, 1.165) is 37.2 Å². The van der Waals surface area contributed by atoms with E-state index in [2.05, 4.69) is 11.1 Å². The Kier molecular flexibility index (Phi) is 4.46. The first-order chi connectivity index (χ1) is 11.4. The van der Waals surface area contributed by atoms with Gasteiger partial charge < -0.3 is 14.9 Å². The van der Waals surface area contributed by atoms with Crippen LogP contribution in [0.25, 0.3) is 0 Å². The summed E-state index contributed by atoms with van der Waals surface area (Å²) in [7, 11) is 0. The van der Waals surface area contributed by atoms with Gasteiger partial charge in [-0.25, -0.2) is 4.98 Å². The van der Waals surface area contributed by atoms with E-state index >= 15 is 0 Å². The highest BCUT2D eigenvalue weighted by atomic mass is 16.3. The van der Waals surface area contributed by atoms with E-state index < -0.39 is 5.60 Å². The number of aromatic nitrogens is 1. The van der Waals surface area contributed by atoms with Crippen molar-refractivity contribution in [3.05, 3.63) is 22.9 Å². The van der Waals surface area contributed by atoms with Crippen LogP contribution in [0.3, 0.4) is 0 Å². The van der Waals surface area contributed by atoms with Gasteiger partial charge in [-0.05, 0) is 51.2 Å². The number of carbonyl (C=O) groups excluding carboxylic acids is 1. The van der Waals surface area contributed by atoms with E-state index in [4.69, 9.17) is 0 Å². The van der Waals surface area contributed by atoms with Crippen LogP contribution in [0.1, 0.15) is 42.5 Å². The van der Waals surface area contributed by atoms with Gasteiger partial charge in [-0.2, -0.15) is 5.26 Å². The van der Waals surface area contributed by atoms with Gasteiger partial charge in [0.2, 0.25) is 0 Å². The summed E-state index contributed by atoms with van der Waals surface area (Å²) in [5, 5.41) is 20.5. The topological polar surface area (TPSA) is 80.5 Å². The predicted octanol–water partition coefficient (Wildman–Crippen LogP) is 1.52. The lowest BCUT2D eigenvalue weighted by molar-refractivity contribution is -0.151. The van der Waals surface area contributed by atoms with Crippen molar-refractivity contribution in [1.29, 1.82) is 5.26 Å². The molecule has 0 saturated carbocycles. The molecule has 0 unspecified atom stereocenters. The molecule has 3 rings (SSSR count). The van der Waals surface area contributed by atoms with Gasteiger partial charge in [-0.1, -0.05) is 0 Å². The molecular weight excluding hydrogens is 304 g/mol. The van der Waals surface area contributed by atoms with E-state index in [0.29, 0.717) is 30.8 Å². The molecule has 0 aromatic carbocycles. The molecule has 1 aromatic rings. The zero-order valence-corrected chi connectivity index (χ0v) is 14.4. The summed E-state index contributed by atoms with van der Waals surface area (Å²) >= 11 is 0. The van der Waals surface area contributed by atoms with Crippen molar-refractivity contribution in [1.82, 2.24) is 9.88 Å². The number of nitriles is 1. The summed E-state index contributed by atoms with van der Waals surface area (Å²) in [6.07, 6.45) is 3.17. The Morgan fingerprint density at radius 3 is 2.67 bits per heavy atom. The summed E-state index contributed by atoms with van der Waals surface area (Å²) in [6.45, 7) is 6.14. The molecule has 2 saturated heterocycles. The molecule has 2 aliphatic heterocycles. The Labute approximate surface area is 142 Å². The largest absolute Gasteiger partial charge is 0.378 e. The number of aryl methyl sites for hydroxylation is 2. The summed E-state index contributed by atoms with van der Waals surface area (Å²) in [5.41, 5.74) is 0.856. The van der Waals surface area contributed by atoms with Gasteiger partial charge in [-0.3, -0.25) is 4.79 Å². The average molecular weight is 328 g/mol. The van der Waals surface area contributed by atoms with Gasteiger partial charge in [0, 0.05) is 25.3 Å². The molecule has 3 heterocycles. The van der Waals surface area contributed by atoms with Gasteiger partial charge in [0.25, 0.3) is 5.91 Å². The van der Waals surface area contributed by atoms with Crippen LogP contribution in [-0.2, 0) is 4.79 Å². The van der Waals surface area contributed by atoms with Crippen LogP contribution in [-0.4, -0.2) is 52.7 Å². The predicted molar refractivity (Wildman–Crippen MR) is 90.6 cm³/mol. The number of aliphatic hydroxyl groups is 1. The number of hydrogen-bond acceptors (Lipinski definition) is 5. The number of likely N-dealkylation sites (tertiary alicyclic amines) is 1. The van der Waals surface area contributed by atoms with Crippen molar-refractivity contribution < 1.29 is 9.90 Å². The van der Waals surface area contributed by atoms with Crippen LogP contribution in [0.5, 0.6) is 0 Å². The Hall–Kier alpha value is -2.13. The molecule has 6 heteroatoms. The zero-order valence-electron chi connectivity index (χ0n) is 14.4. The molecule has 1 atom stereocenters. The third-order valence-electron chi connectivity index (χ3n) is 5.00. The fraction of sp³-hybridized carbons (Fsp3) is 0.611. The third-order valence-corrected chi connectivity index (χ3v) is 5.00. The molecule has 1 N–H and O–H groups in total. The maximum absolute atomic E-state index is 12.8. The second kappa shape index (κ2) is 6.40. The first-order valence-electron chi connectivity index (χ1n) is 8.60. The fourth-order valence-corrected chi connectivity index (χ4v) is 3.79. The monoisotopic (exact) mass is 328 g/mol. The average Bonchev–Trinajstić information content (AvgIpc) is 3.08. The number of rotatable bonds is 2. The Morgan fingerprint density at radius 2 is 2.00 bits per heavy atom. The Balaban J connectivity index is 1.88. The van der Waals surface area contributed by atoms with Crippen LogP contribution >= 0.6 is 0 Å². The lowest BCUT2D eigenvalue weighted by atomic mass is 9.91. The molecule has 0 bridgehead atoms. The molecule has 1 amide bonds. The molecule has 6 nitrogen and oxygen atoms in total. The van der Waals surface area contributed by atoms with Crippen LogP contribution in [0.4, 0.5) is 5.82 Å². The van der Waals surface area contributed by atoms with Gasteiger partial charge in [-0.15, -0.1) is 0 Å². The molecule has 128 valence electrons. The fourth-order valence-electron chi connectivity index (χ4n) is 3.79. The van der Waals surface area contributed by atoms with E-state index in [-0.39, 0.29) is 12.5 Å². The van der Waals surface area contributed by atoms with Gasteiger partial charge >= 0.3 is 0 Å².